The van der Waals surface area contributed by atoms with E-state index >= 15 is 0 Å². The maximum atomic E-state index is 9.31. The minimum atomic E-state index is -0.740. The van der Waals surface area contributed by atoms with Gasteiger partial charge in [0.05, 0.1) is 0 Å². The molecule has 1 aliphatic heterocycles. The number of ether oxygens (including phenoxy) is 1. The van der Waals surface area contributed by atoms with Crippen LogP contribution in [0.5, 0.6) is 0 Å². The second-order valence-corrected chi connectivity index (χ2v) is 2.59. The minimum Gasteiger partial charge on any atom is -0.363 e. The third-order valence-corrected chi connectivity index (χ3v) is 1.85. The van der Waals surface area contributed by atoms with E-state index < -0.39 is 5.79 Å². The first-order valence-corrected chi connectivity index (χ1v) is 3.63. The molecule has 0 bridgehead atoms. The first-order valence-electron chi connectivity index (χ1n) is 3.63. The first kappa shape index (κ1) is 7.03. The summed E-state index contributed by atoms with van der Waals surface area (Å²) in [6.45, 7) is 4.04. The zero-order chi connectivity index (χ0) is 6.91. The van der Waals surface area contributed by atoms with Crippen LogP contribution in [0.2, 0.25) is 0 Å². The van der Waals surface area contributed by atoms with E-state index in [0.29, 0.717) is 0 Å². The molecule has 0 saturated carbocycles. The van der Waals surface area contributed by atoms with Gasteiger partial charge in [0.15, 0.2) is 5.79 Å². The molecule has 0 radical (unpaired) electrons. The Bertz CT molecular complexity index is 101. The lowest BCUT2D eigenvalue weighted by atomic mass is 10.1. The summed E-state index contributed by atoms with van der Waals surface area (Å²) in [4.78, 5) is 0. The van der Waals surface area contributed by atoms with Crippen molar-refractivity contribution < 1.29 is 9.84 Å². The summed E-state index contributed by atoms with van der Waals surface area (Å²) in [7, 11) is 0. The molecular weight excluding hydrogens is 116 g/mol. The largest absolute Gasteiger partial charge is 0.363 e. The highest BCUT2D eigenvalue weighted by molar-refractivity contribution is 4.90. The van der Waals surface area contributed by atoms with E-state index in [2.05, 4.69) is 6.92 Å². The summed E-state index contributed by atoms with van der Waals surface area (Å²) < 4.78 is 5.05. The number of aliphatic hydroxyl groups is 1. The van der Waals surface area contributed by atoms with Gasteiger partial charge in [-0.25, -0.2) is 0 Å². The average molecular weight is 130 g/mol. The van der Waals surface area contributed by atoms with Crippen LogP contribution < -0.4 is 0 Å². The standard InChI is InChI=1S/C7H14O2/c1-3-5-6-7(8,4-2)9-6/h6,8H,3-5H2,1-2H3. The fourth-order valence-electron chi connectivity index (χ4n) is 1.07. The van der Waals surface area contributed by atoms with E-state index in [1.807, 2.05) is 6.92 Å². The zero-order valence-electron chi connectivity index (χ0n) is 6.05. The number of epoxide rings is 1. The molecule has 0 aromatic carbocycles. The van der Waals surface area contributed by atoms with Crippen molar-refractivity contribution in [2.45, 2.75) is 45.0 Å². The number of rotatable bonds is 3. The smallest absolute Gasteiger partial charge is 0.192 e. The van der Waals surface area contributed by atoms with Gasteiger partial charge in [0.2, 0.25) is 0 Å². The Morgan fingerprint density at radius 1 is 1.56 bits per heavy atom. The third-order valence-electron chi connectivity index (χ3n) is 1.85. The maximum absolute atomic E-state index is 9.31. The van der Waals surface area contributed by atoms with Gasteiger partial charge in [-0.15, -0.1) is 0 Å². The van der Waals surface area contributed by atoms with E-state index in [9.17, 15) is 5.11 Å². The molecule has 9 heavy (non-hydrogen) atoms. The van der Waals surface area contributed by atoms with E-state index in [0.717, 1.165) is 19.3 Å². The minimum absolute atomic E-state index is 0.132. The van der Waals surface area contributed by atoms with Crippen molar-refractivity contribution in [3.05, 3.63) is 0 Å². The molecule has 2 unspecified atom stereocenters. The molecule has 1 aliphatic rings. The molecule has 1 N–H and O–H groups in total. The second kappa shape index (κ2) is 2.27. The summed E-state index contributed by atoms with van der Waals surface area (Å²) in [5.41, 5.74) is 0. The molecule has 0 spiro atoms. The van der Waals surface area contributed by atoms with Crippen LogP contribution in [-0.2, 0) is 4.74 Å². The van der Waals surface area contributed by atoms with E-state index in [4.69, 9.17) is 4.74 Å². The summed E-state index contributed by atoms with van der Waals surface area (Å²) in [5.74, 6) is -0.740. The van der Waals surface area contributed by atoms with Gasteiger partial charge in [-0.1, -0.05) is 20.3 Å². The quantitative estimate of drug-likeness (QED) is 0.584. The molecule has 54 valence electrons. The fourth-order valence-corrected chi connectivity index (χ4v) is 1.07. The molecule has 0 amide bonds. The third kappa shape index (κ3) is 1.25. The average Bonchev–Trinajstić information content (AvgIpc) is 2.46. The van der Waals surface area contributed by atoms with Crippen LogP contribution >= 0.6 is 0 Å². The van der Waals surface area contributed by atoms with Crippen molar-refractivity contribution in [1.29, 1.82) is 0 Å². The molecule has 2 nitrogen and oxygen atoms in total. The zero-order valence-corrected chi connectivity index (χ0v) is 6.05. The van der Waals surface area contributed by atoms with Gasteiger partial charge in [-0.3, -0.25) is 0 Å². The molecule has 1 saturated heterocycles. The first-order chi connectivity index (χ1) is 4.23. The Hall–Kier alpha value is -0.0800. The van der Waals surface area contributed by atoms with Gasteiger partial charge >= 0.3 is 0 Å². The Morgan fingerprint density at radius 3 is 2.56 bits per heavy atom. The van der Waals surface area contributed by atoms with Crippen molar-refractivity contribution in [1.82, 2.24) is 0 Å². The predicted octanol–water partition coefficient (Wildman–Crippen LogP) is 1.28. The maximum Gasteiger partial charge on any atom is 0.192 e. The summed E-state index contributed by atoms with van der Waals surface area (Å²) in [6, 6.07) is 0. The lowest BCUT2D eigenvalue weighted by Crippen LogP contribution is -2.11. The SMILES string of the molecule is CCCC1OC1(O)CC. The van der Waals surface area contributed by atoms with E-state index in [1.54, 1.807) is 0 Å². The molecule has 0 aromatic heterocycles. The van der Waals surface area contributed by atoms with Gasteiger partial charge in [0, 0.05) is 6.42 Å². The fraction of sp³-hybridized carbons (Fsp3) is 1.00. The summed E-state index contributed by atoms with van der Waals surface area (Å²) in [5, 5.41) is 9.31. The monoisotopic (exact) mass is 130 g/mol. The van der Waals surface area contributed by atoms with Crippen LogP contribution in [0.15, 0.2) is 0 Å². The Balaban J connectivity index is 2.22. The van der Waals surface area contributed by atoms with Gasteiger partial charge in [-0.05, 0) is 6.42 Å². The lowest BCUT2D eigenvalue weighted by molar-refractivity contribution is 0.0332. The van der Waals surface area contributed by atoms with Crippen LogP contribution in [0.1, 0.15) is 33.1 Å². The van der Waals surface area contributed by atoms with Crippen LogP contribution in [-0.4, -0.2) is 17.0 Å². The second-order valence-electron chi connectivity index (χ2n) is 2.59. The molecule has 1 rings (SSSR count). The lowest BCUT2D eigenvalue weighted by Gasteiger charge is -1.97. The van der Waals surface area contributed by atoms with Crippen molar-refractivity contribution in [2.75, 3.05) is 0 Å². The van der Waals surface area contributed by atoms with Gasteiger partial charge < -0.3 is 9.84 Å². The van der Waals surface area contributed by atoms with Gasteiger partial charge in [-0.2, -0.15) is 0 Å². The van der Waals surface area contributed by atoms with Gasteiger partial charge in [0.1, 0.15) is 6.10 Å². The topological polar surface area (TPSA) is 32.8 Å². The number of hydrogen-bond donors (Lipinski definition) is 1. The molecule has 1 fully saturated rings. The summed E-state index contributed by atoms with van der Waals surface area (Å²) in [6.07, 6.45) is 2.93. The van der Waals surface area contributed by atoms with Crippen molar-refractivity contribution in [3.63, 3.8) is 0 Å². The van der Waals surface area contributed by atoms with Crippen molar-refractivity contribution >= 4 is 0 Å². The van der Waals surface area contributed by atoms with Crippen LogP contribution in [0, 0.1) is 0 Å². The highest BCUT2D eigenvalue weighted by Crippen LogP contribution is 2.39. The number of hydrogen-bond acceptors (Lipinski definition) is 2. The highest BCUT2D eigenvalue weighted by atomic mass is 16.7. The molecule has 2 heteroatoms. The Kier molecular flexibility index (Phi) is 1.78. The predicted molar refractivity (Wildman–Crippen MR) is 35.0 cm³/mol. The van der Waals surface area contributed by atoms with E-state index in [-0.39, 0.29) is 6.10 Å². The summed E-state index contributed by atoms with van der Waals surface area (Å²) >= 11 is 0. The Morgan fingerprint density at radius 2 is 2.22 bits per heavy atom. The van der Waals surface area contributed by atoms with Crippen LogP contribution in [0.3, 0.4) is 0 Å². The van der Waals surface area contributed by atoms with Gasteiger partial charge in [0.25, 0.3) is 0 Å². The van der Waals surface area contributed by atoms with Crippen molar-refractivity contribution in [3.8, 4) is 0 Å². The van der Waals surface area contributed by atoms with Crippen LogP contribution in [0.4, 0.5) is 0 Å². The molecule has 0 aliphatic carbocycles. The van der Waals surface area contributed by atoms with E-state index in [1.165, 1.54) is 0 Å². The normalized spacial score (nSPS) is 41.0. The molecular formula is C7H14O2. The molecule has 1 heterocycles. The highest BCUT2D eigenvalue weighted by Gasteiger charge is 2.52. The van der Waals surface area contributed by atoms with Crippen LogP contribution in [0.25, 0.3) is 0 Å². The van der Waals surface area contributed by atoms with Crippen molar-refractivity contribution in [2.24, 2.45) is 0 Å². The molecule has 2 atom stereocenters. The Labute approximate surface area is 55.8 Å². The molecule has 0 aromatic rings.